The van der Waals surface area contributed by atoms with E-state index in [-0.39, 0.29) is 6.04 Å². The lowest BCUT2D eigenvalue weighted by atomic mass is 9.99. The lowest BCUT2D eigenvalue weighted by Crippen LogP contribution is -2.24. The van der Waals surface area contributed by atoms with Gasteiger partial charge in [-0.2, -0.15) is 0 Å². The molecule has 2 unspecified atom stereocenters. The van der Waals surface area contributed by atoms with Gasteiger partial charge in [-0.3, -0.25) is 0 Å². The Labute approximate surface area is 66.0 Å². The highest BCUT2D eigenvalue weighted by Crippen LogP contribution is 2.26. The fourth-order valence-corrected chi connectivity index (χ4v) is 1.67. The Hall–Kier alpha value is -0.180. The summed E-state index contributed by atoms with van der Waals surface area (Å²) in [6.45, 7) is 0. The van der Waals surface area contributed by atoms with E-state index in [1.807, 2.05) is 0 Å². The van der Waals surface area contributed by atoms with Crippen LogP contribution < -0.4 is 5.73 Å². The van der Waals surface area contributed by atoms with E-state index in [9.17, 15) is 8.78 Å². The van der Waals surface area contributed by atoms with Crippen LogP contribution >= 0.6 is 0 Å². The summed E-state index contributed by atoms with van der Waals surface area (Å²) in [5.41, 5.74) is 5.63. The van der Waals surface area contributed by atoms with Crippen LogP contribution in [0.4, 0.5) is 8.78 Å². The van der Waals surface area contributed by atoms with Crippen molar-refractivity contribution in [3.8, 4) is 0 Å². The van der Waals surface area contributed by atoms with Crippen LogP contribution in [0.15, 0.2) is 0 Å². The van der Waals surface area contributed by atoms with E-state index in [4.69, 9.17) is 5.73 Å². The largest absolute Gasteiger partial charge is 0.328 e. The Morgan fingerprint density at radius 3 is 2.45 bits per heavy atom. The molecule has 0 aliphatic heterocycles. The van der Waals surface area contributed by atoms with E-state index >= 15 is 0 Å². The summed E-state index contributed by atoms with van der Waals surface area (Å²) in [5.74, 6) is -0.438. The van der Waals surface area contributed by atoms with Gasteiger partial charge in [0, 0.05) is 12.0 Å². The lowest BCUT2D eigenvalue weighted by molar-refractivity contribution is 0.0665. The molecule has 2 N–H and O–H groups in total. The van der Waals surface area contributed by atoms with E-state index in [2.05, 4.69) is 0 Å². The topological polar surface area (TPSA) is 26.0 Å². The Kier molecular flexibility index (Phi) is 3.24. The summed E-state index contributed by atoms with van der Waals surface area (Å²) in [7, 11) is 0. The van der Waals surface area contributed by atoms with E-state index in [1.54, 1.807) is 0 Å². The van der Waals surface area contributed by atoms with Gasteiger partial charge < -0.3 is 5.73 Å². The van der Waals surface area contributed by atoms with Crippen molar-refractivity contribution < 1.29 is 8.78 Å². The second-order valence-electron chi connectivity index (χ2n) is 3.37. The first-order valence-corrected chi connectivity index (χ1v) is 4.24. The molecule has 1 fully saturated rings. The first-order chi connectivity index (χ1) is 5.20. The predicted octanol–water partition coefficient (Wildman–Crippen LogP) is 2.16. The van der Waals surface area contributed by atoms with E-state index in [0.29, 0.717) is 12.8 Å². The molecule has 1 rings (SSSR count). The van der Waals surface area contributed by atoms with Crippen LogP contribution in [0, 0.1) is 5.92 Å². The molecule has 0 radical (unpaired) electrons. The maximum absolute atomic E-state index is 12.2. The van der Waals surface area contributed by atoms with Crippen molar-refractivity contribution >= 4 is 0 Å². The van der Waals surface area contributed by atoms with Gasteiger partial charge in [0.1, 0.15) is 0 Å². The molecule has 0 aromatic rings. The third-order valence-electron chi connectivity index (χ3n) is 2.36. The zero-order valence-corrected chi connectivity index (χ0v) is 6.60. The molecular formula is C8H15F2N. The van der Waals surface area contributed by atoms with Crippen LogP contribution in [0.5, 0.6) is 0 Å². The van der Waals surface area contributed by atoms with Gasteiger partial charge in [-0.05, 0) is 19.3 Å². The Bertz CT molecular complexity index is 117. The molecule has 66 valence electrons. The van der Waals surface area contributed by atoms with Gasteiger partial charge in [0.25, 0.3) is 0 Å². The molecule has 1 aliphatic rings. The molecule has 0 heterocycles. The highest BCUT2D eigenvalue weighted by atomic mass is 19.3. The number of rotatable bonds is 1. The quantitative estimate of drug-likeness (QED) is 0.589. The molecule has 0 saturated heterocycles. The number of nitrogens with two attached hydrogens (primary N) is 1. The summed E-state index contributed by atoms with van der Waals surface area (Å²) in [6, 6.07) is 0.0106. The molecule has 0 amide bonds. The molecule has 11 heavy (non-hydrogen) atoms. The molecule has 1 saturated carbocycles. The minimum atomic E-state index is -2.17. The number of halogens is 2. The molecule has 0 aromatic carbocycles. The second-order valence-corrected chi connectivity index (χ2v) is 3.37. The average Bonchev–Trinajstić information content (AvgIpc) is 2.13. The first-order valence-electron chi connectivity index (χ1n) is 4.24. The minimum absolute atomic E-state index is 0.0106. The van der Waals surface area contributed by atoms with Crippen molar-refractivity contribution in [1.29, 1.82) is 0 Å². The Morgan fingerprint density at radius 2 is 1.82 bits per heavy atom. The van der Waals surface area contributed by atoms with Gasteiger partial charge in [0.05, 0.1) is 0 Å². The van der Waals surface area contributed by atoms with Crippen LogP contribution in [0.1, 0.15) is 32.1 Å². The number of alkyl halides is 2. The van der Waals surface area contributed by atoms with Gasteiger partial charge >= 0.3 is 0 Å². The highest BCUT2D eigenvalue weighted by molar-refractivity contribution is 4.74. The van der Waals surface area contributed by atoms with Gasteiger partial charge in [0.2, 0.25) is 6.43 Å². The zero-order chi connectivity index (χ0) is 8.27. The first kappa shape index (κ1) is 8.91. The van der Waals surface area contributed by atoms with E-state index in [0.717, 1.165) is 19.3 Å². The van der Waals surface area contributed by atoms with Crippen molar-refractivity contribution in [2.24, 2.45) is 11.7 Å². The summed E-state index contributed by atoms with van der Waals surface area (Å²) in [4.78, 5) is 0. The Balaban J connectivity index is 2.39. The molecular weight excluding hydrogens is 148 g/mol. The highest BCUT2D eigenvalue weighted by Gasteiger charge is 2.24. The lowest BCUT2D eigenvalue weighted by Gasteiger charge is -2.15. The molecule has 3 heteroatoms. The van der Waals surface area contributed by atoms with Crippen LogP contribution in [0.2, 0.25) is 0 Å². The molecule has 0 bridgehead atoms. The smallest absolute Gasteiger partial charge is 0.241 e. The Morgan fingerprint density at radius 1 is 1.18 bits per heavy atom. The van der Waals surface area contributed by atoms with Crippen LogP contribution in [-0.4, -0.2) is 12.5 Å². The summed E-state index contributed by atoms with van der Waals surface area (Å²) < 4.78 is 24.4. The van der Waals surface area contributed by atoms with Crippen molar-refractivity contribution in [3.63, 3.8) is 0 Å². The SMILES string of the molecule is NC1CCCCC(C(F)F)C1. The van der Waals surface area contributed by atoms with E-state index in [1.165, 1.54) is 0 Å². The molecule has 0 spiro atoms. The second kappa shape index (κ2) is 4.00. The monoisotopic (exact) mass is 163 g/mol. The number of hydrogen-bond acceptors (Lipinski definition) is 1. The molecule has 2 atom stereocenters. The van der Waals surface area contributed by atoms with Crippen LogP contribution in [0.25, 0.3) is 0 Å². The standard InChI is InChI=1S/C8H15F2N/c9-8(10)6-3-1-2-4-7(11)5-6/h6-8H,1-5,11H2. The van der Waals surface area contributed by atoms with Gasteiger partial charge in [-0.1, -0.05) is 12.8 Å². The van der Waals surface area contributed by atoms with Crippen LogP contribution in [0.3, 0.4) is 0 Å². The van der Waals surface area contributed by atoms with Gasteiger partial charge in [-0.15, -0.1) is 0 Å². The summed E-state index contributed by atoms with van der Waals surface area (Å²) in [6.07, 6.45) is 1.86. The van der Waals surface area contributed by atoms with Gasteiger partial charge in [-0.25, -0.2) is 8.78 Å². The van der Waals surface area contributed by atoms with Gasteiger partial charge in [0.15, 0.2) is 0 Å². The van der Waals surface area contributed by atoms with Crippen molar-refractivity contribution in [2.75, 3.05) is 0 Å². The van der Waals surface area contributed by atoms with Crippen LogP contribution in [-0.2, 0) is 0 Å². The maximum atomic E-state index is 12.2. The zero-order valence-electron chi connectivity index (χ0n) is 6.60. The van der Waals surface area contributed by atoms with E-state index < -0.39 is 12.3 Å². The van der Waals surface area contributed by atoms with Crippen molar-refractivity contribution in [3.05, 3.63) is 0 Å². The molecule has 0 aromatic heterocycles. The average molecular weight is 163 g/mol. The fourth-order valence-electron chi connectivity index (χ4n) is 1.67. The normalized spacial score (nSPS) is 33.8. The molecule has 1 aliphatic carbocycles. The fraction of sp³-hybridized carbons (Fsp3) is 1.00. The maximum Gasteiger partial charge on any atom is 0.241 e. The minimum Gasteiger partial charge on any atom is -0.328 e. The third-order valence-corrected chi connectivity index (χ3v) is 2.36. The van der Waals surface area contributed by atoms with Crippen molar-refractivity contribution in [1.82, 2.24) is 0 Å². The summed E-state index contributed by atoms with van der Waals surface area (Å²) >= 11 is 0. The summed E-state index contributed by atoms with van der Waals surface area (Å²) in [5, 5.41) is 0. The molecule has 1 nitrogen and oxygen atoms in total. The van der Waals surface area contributed by atoms with Crippen molar-refractivity contribution in [2.45, 2.75) is 44.6 Å². The number of hydrogen-bond donors (Lipinski definition) is 1. The third kappa shape index (κ3) is 2.73. The predicted molar refractivity (Wildman–Crippen MR) is 40.6 cm³/mol.